The lowest BCUT2D eigenvalue weighted by Gasteiger charge is -2.33. The Labute approximate surface area is 151 Å². The highest BCUT2D eigenvalue weighted by Gasteiger charge is 2.37. The van der Waals surface area contributed by atoms with Gasteiger partial charge in [-0.3, -0.25) is 19.3 Å². The Morgan fingerprint density at radius 1 is 1.15 bits per heavy atom. The number of rotatable bonds is 5. The van der Waals surface area contributed by atoms with E-state index in [1.54, 1.807) is 0 Å². The Morgan fingerprint density at radius 2 is 1.88 bits per heavy atom. The number of likely N-dealkylation sites (tertiary alicyclic amines) is 1. The summed E-state index contributed by atoms with van der Waals surface area (Å²) in [5, 5.41) is 9.35. The molecule has 0 bridgehead atoms. The van der Waals surface area contributed by atoms with Crippen molar-refractivity contribution < 1.29 is 24.3 Å². The van der Waals surface area contributed by atoms with Crippen LogP contribution in [-0.4, -0.2) is 57.7 Å². The lowest BCUT2D eigenvalue weighted by molar-refractivity contribution is -0.143. The van der Waals surface area contributed by atoms with Gasteiger partial charge in [0.2, 0.25) is 0 Å². The number of nitrogens with zero attached hydrogens (tertiary/aromatic N) is 2. The maximum absolute atomic E-state index is 12.8. The minimum Gasteiger partial charge on any atom is -0.480 e. The Hall–Kier alpha value is -2.70. The Balaban J connectivity index is 1.87. The molecule has 2 aliphatic rings. The van der Waals surface area contributed by atoms with Crippen LogP contribution in [0.2, 0.25) is 0 Å². The molecule has 0 aliphatic carbocycles. The van der Waals surface area contributed by atoms with Gasteiger partial charge < -0.3 is 10.0 Å². The average molecular weight is 358 g/mol. The van der Waals surface area contributed by atoms with E-state index in [-0.39, 0.29) is 22.9 Å². The fourth-order valence-electron chi connectivity index (χ4n) is 3.54. The third-order valence-corrected chi connectivity index (χ3v) is 5.00. The molecule has 1 saturated heterocycles. The molecule has 1 aromatic carbocycles. The van der Waals surface area contributed by atoms with Crippen molar-refractivity contribution in [2.24, 2.45) is 0 Å². The van der Waals surface area contributed by atoms with Gasteiger partial charge in [0.15, 0.2) is 0 Å². The van der Waals surface area contributed by atoms with Crippen LogP contribution in [0.1, 0.15) is 70.1 Å². The molecule has 2 aliphatic heterocycles. The maximum atomic E-state index is 12.8. The summed E-state index contributed by atoms with van der Waals surface area (Å²) in [6, 6.07) is 3.58. The topological polar surface area (TPSA) is 95.0 Å². The van der Waals surface area contributed by atoms with E-state index in [0.717, 1.165) is 25.7 Å². The molecular formula is C19H22N2O5. The van der Waals surface area contributed by atoms with Crippen molar-refractivity contribution in [1.82, 2.24) is 9.80 Å². The molecule has 2 heterocycles. The normalized spacial score (nSPS) is 19.7. The van der Waals surface area contributed by atoms with Gasteiger partial charge in [0, 0.05) is 18.7 Å². The van der Waals surface area contributed by atoms with E-state index < -0.39 is 17.9 Å². The lowest BCUT2D eigenvalue weighted by atomic mass is 9.99. The first-order valence-corrected chi connectivity index (χ1v) is 8.99. The quantitative estimate of drug-likeness (QED) is 0.814. The SMILES string of the molecule is CCCCN1C(=O)c2ccc(C(=O)N3CCCC[C@@H]3C(=O)O)cc2C1=O. The molecule has 0 spiro atoms. The number of piperidine rings is 1. The number of hydrogen-bond donors (Lipinski definition) is 1. The van der Waals surface area contributed by atoms with Crippen molar-refractivity contribution in [2.45, 2.75) is 45.1 Å². The van der Waals surface area contributed by atoms with Crippen LogP contribution in [0.5, 0.6) is 0 Å². The minimum absolute atomic E-state index is 0.223. The van der Waals surface area contributed by atoms with Crippen LogP contribution in [0, 0.1) is 0 Å². The number of hydrogen-bond acceptors (Lipinski definition) is 4. The first kappa shape index (κ1) is 18.1. The van der Waals surface area contributed by atoms with E-state index in [4.69, 9.17) is 0 Å². The number of carboxylic acid groups (broad SMARTS) is 1. The Bertz CT molecular complexity index is 773. The molecule has 0 radical (unpaired) electrons. The van der Waals surface area contributed by atoms with Crippen LogP contribution in [0.25, 0.3) is 0 Å². The van der Waals surface area contributed by atoms with Gasteiger partial charge in [0.05, 0.1) is 11.1 Å². The number of carboxylic acids is 1. The summed E-state index contributed by atoms with van der Waals surface area (Å²) >= 11 is 0. The van der Waals surface area contributed by atoms with E-state index in [1.165, 1.54) is 28.0 Å². The second-order valence-corrected chi connectivity index (χ2v) is 6.72. The predicted octanol–water partition coefficient (Wildman–Crippen LogP) is 2.16. The number of aliphatic carboxylic acids is 1. The van der Waals surface area contributed by atoms with E-state index in [0.29, 0.717) is 25.1 Å². The van der Waals surface area contributed by atoms with Crippen LogP contribution in [-0.2, 0) is 4.79 Å². The number of amides is 3. The van der Waals surface area contributed by atoms with Gasteiger partial charge in [0.1, 0.15) is 6.04 Å². The van der Waals surface area contributed by atoms with E-state index in [1.807, 2.05) is 6.92 Å². The third-order valence-electron chi connectivity index (χ3n) is 5.00. The molecule has 3 rings (SSSR count). The van der Waals surface area contributed by atoms with Gasteiger partial charge in [-0.25, -0.2) is 4.79 Å². The molecule has 0 unspecified atom stereocenters. The van der Waals surface area contributed by atoms with Crippen molar-refractivity contribution in [1.29, 1.82) is 0 Å². The third kappa shape index (κ3) is 3.09. The number of benzene rings is 1. The highest BCUT2D eigenvalue weighted by atomic mass is 16.4. The summed E-state index contributed by atoms with van der Waals surface area (Å²) in [5.74, 6) is -2.15. The van der Waals surface area contributed by atoms with E-state index in [9.17, 15) is 24.3 Å². The smallest absolute Gasteiger partial charge is 0.326 e. The fraction of sp³-hybridized carbons (Fsp3) is 0.474. The molecule has 3 amide bonds. The van der Waals surface area contributed by atoms with Crippen LogP contribution in [0.3, 0.4) is 0 Å². The van der Waals surface area contributed by atoms with E-state index in [2.05, 4.69) is 0 Å². The van der Waals surface area contributed by atoms with Gasteiger partial charge >= 0.3 is 5.97 Å². The van der Waals surface area contributed by atoms with Crippen molar-refractivity contribution in [2.75, 3.05) is 13.1 Å². The molecule has 7 heteroatoms. The highest BCUT2D eigenvalue weighted by molar-refractivity contribution is 6.22. The minimum atomic E-state index is -1.02. The van der Waals surface area contributed by atoms with Gasteiger partial charge in [-0.2, -0.15) is 0 Å². The second-order valence-electron chi connectivity index (χ2n) is 6.72. The molecule has 1 atom stereocenters. The summed E-state index contributed by atoms with van der Waals surface area (Å²) in [6.07, 6.45) is 3.54. The molecule has 0 saturated carbocycles. The summed E-state index contributed by atoms with van der Waals surface area (Å²) < 4.78 is 0. The van der Waals surface area contributed by atoms with Gasteiger partial charge in [-0.15, -0.1) is 0 Å². The molecule has 138 valence electrons. The van der Waals surface area contributed by atoms with Gasteiger partial charge in [-0.05, 0) is 43.9 Å². The van der Waals surface area contributed by atoms with Crippen LogP contribution >= 0.6 is 0 Å². The predicted molar refractivity (Wildman–Crippen MR) is 93.0 cm³/mol. The van der Waals surface area contributed by atoms with Crippen molar-refractivity contribution in [3.8, 4) is 0 Å². The lowest BCUT2D eigenvalue weighted by Crippen LogP contribution is -2.48. The first-order valence-electron chi connectivity index (χ1n) is 8.99. The maximum Gasteiger partial charge on any atom is 0.326 e. The van der Waals surface area contributed by atoms with Crippen LogP contribution < -0.4 is 0 Å². The standard InChI is InChI=1S/C19H22N2O5/c1-2-3-9-21-17(23)13-8-7-12(11-14(13)18(21)24)16(22)20-10-5-4-6-15(20)19(25)26/h7-8,11,15H,2-6,9-10H2,1H3,(H,25,26)/t15-/m1/s1. The Kier molecular flexibility index (Phi) is 5.06. The van der Waals surface area contributed by atoms with Crippen molar-refractivity contribution in [3.63, 3.8) is 0 Å². The fourth-order valence-corrected chi connectivity index (χ4v) is 3.54. The summed E-state index contributed by atoms with van der Waals surface area (Å²) in [5.41, 5.74) is 0.771. The largest absolute Gasteiger partial charge is 0.480 e. The zero-order chi connectivity index (χ0) is 18.8. The molecule has 0 aromatic heterocycles. The summed E-state index contributed by atoms with van der Waals surface area (Å²) in [7, 11) is 0. The molecule has 1 fully saturated rings. The Morgan fingerprint density at radius 3 is 2.58 bits per heavy atom. The monoisotopic (exact) mass is 358 g/mol. The second kappa shape index (κ2) is 7.27. The van der Waals surface area contributed by atoms with Crippen molar-refractivity contribution >= 4 is 23.7 Å². The first-order chi connectivity index (χ1) is 12.5. The molecular weight excluding hydrogens is 336 g/mol. The zero-order valence-electron chi connectivity index (χ0n) is 14.7. The van der Waals surface area contributed by atoms with Crippen LogP contribution in [0.4, 0.5) is 0 Å². The van der Waals surface area contributed by atoms with Gasteiger partial charge in [0.25, 0.3) is 17.7 Å². The average Bonchev–Trinajstić information content (AvgIpc) is 2.89. The number of carbonyl (C=O) groups excluding carboxylic acids is 3. The van der Waals surface area contributed by atoms with Crippen molar-refractivity contribution in [3.05, 3.63) is 34.9 Å². The highest BCUT2D eigenvalue weighted by Crippen LogP contribution is 2.26. The number of imide groups is 1. The zero-order valence-corrected chi connectivity index (χ0v) is 14.7. The van der Waals surface area contributed by atoms with Crippen LogP contribution in [0.15, 0.2) is 18.2 Å². The van der Waals surface area contributed by atoms with E-state index >= 15 is 0 Å². The van der Waals surface area contributed by atoms with Gasteiger partial charge in [-0.1, -0.05) is 13.3 Å². The molecule has 1 aromatic rings. The molecule has 26 heavy (non-hydrogen) atoms. The number of carbonyl (C=O) groups is 4. The number of unbranched alkanes of at least 4 members (excludes halogenated alkanes) is 1. The molecule has 7 nitrogen and oxygen atoms in total. The summed E-state index contributed by atoms with van der Waals surface area (Å²) in [6.45, 7) is 2.72. The summed E-state index contributed by atoms with van der Waals surface area (Å²) in [4.78, 5) is 51.7. The number of fused-ring (bicyclic) bond motifs is 1. The molecule has 1 N–H and O–H groups in total.